The molecule has 0 aliphatic heterocycles. The molecule has 0 saturated carbocycles. The van der Waals surface area contributed by atoms with Crippen LogP contribution in [-0.2, 0) is 9.59 Å². The molecule has 0 atom stereocenters. The van der Waals surface area contributed by atoms with Gasteiger partial charge in [-0.05, 0) is 12.5 Å². The summed E-state index contributed by atoms with van der Waals surface area (Å²) in [6.45, 7) is 1.46. The third-order valence-electron chi connectivity index (χ3n) is 2.06. The molecule has 0 N–H and O–H groups in total. The molecule has 0 aromatic heterocycles. The molecule has 0 heterocycles. The number of hydrogen-bond acceptors (Lipinski definition) is 3. The van der Waals surface area contributed by atoms with Crippen LogP contribution in [0.4, 0.5) is 13.2 Å². The first-order valence-electron chi connectivity index (χ1n) is 4.51. The summed E-state index contributed by atoms with van der Waals surface area (Å²) >= 11 is 0. The van der Waals surface area contributed by atoms with E-state index >= 15 is 0 Å². The number of benzene rings is 1. The fourth-order valence-electron chi connectivity index (χ4n) is 1.18. The van der Waals surface area contributed by atoms with Crippen molar-refractivity contribution < 1.29 is 27.6 Å². The van der Waals surface area contributed by atoms with Gasteiger partial charge in [-0.1, -0.05) is 24.3 Å². The van der Waals surface area contributed by atoms with Crippen molar-refractivity contribution in [2.24, 2.45) is 0 Å². The topological polar surface area (TPSA) is 51.2 Å². The second-order valence-corrected chi connectivity index (χ2v) is 3.30. The molecule has 1 aromatic rings. The van der Waals surface area contributed by atoms with Crippen LogP contribution >= 0.6 is 0 Å². The molecule has 17 heavy (non-hydrogen) atoms. The number of carbonyl (C=O) groups excluding carboxylic acids is 3. The van der Waals surface area contributed by atoms with Gasteiger partial charge in [-0.2, -0.15) is 13.2 Å². The van der Waals surface area contributed by atoms with E-state index in [1.807, 2.05) is 0 Å². The lowest BCUT2D eigenvalue weighted by Crippen LogP contribution is -2.35. The standard InChI is InChI=1S/C11H7F3O3/c1-6-4-2-3-5-7(6)8(15)9(16)10(17)11(12,13)14/h2-5H,1H3. The summed E-state index contributed by atoms with van der Waals surface area (Å²) in [5.41, 5.74) is 0.135. The van der Waals surface area contributed by atoms with Crippen molar-refractivity contribution in [2.75, 3.05) is 0 Å². The third-order valence-corrected chi connectivity index (χ3v) is 2.06. The van der Waals surface area contributed by atoms with Crippen LogP contribution in [-0.4, -0.2) is 23.5 Å². The number of halogens is 3. The Balaban J connectivity index is 3.04. The van der Waals surface area contributed by atoms with E-state index in [0.29, 0.717) is 5.56 Å². The normalized spacial score (nSPS) is 11.1. The Labute approximate surface area is 94.2 Å². The Hall–Kier alpha value is -1.98. The van der Waals surface area contributed by atoms with Gasteiger partial charge in [0.2, 0.25) is 5.78 Å². The minimum atomic E-state index is -5.32. The molecule has 0 aliphatic rings. The van der Waals surface area contributed by atoms with Gasteiger partial charge < -0.3 is 0 Å². The number of ketones is 3. The van der Waals surface area contributed by atoms with Crippen molar-refractivity contribution in [3.05, 3.63) is 35.4 Å². The van der Waals surface area contributed by atoms with Crippen LogP contribution in [0.1, 0.15) is 15.9 Å². The summed E-state index contributed by atoms with van der Waals surface area (Å²) in [5.74, 6) is -6.15. The van der Waals surface area contributed by atoms with Crippen molar-refractivity contribution in [1.82, 2.24) is 0 Å². The van der Waals surface area contributed by atoms with Gasteiger partial charge in [-0.15, -0.1) is 0 Å². The van der Waals surface area contributed by atoms with Crippen molar-refractivity contribution in [1.29, 1.82) is 0 Å². The fourth-order valence-corrected chi connectivity index (χ4v) is 1.18. The highest BCUT2D eigenvalue weighted by molar-refractivity contribution is 6.68. The van der Waals surface area contributed by atoms with Crippen molar-refractivity contribution >= 4 is 17.3 Å². The van der Waals surface area contributed by atoms with Gasteiger partial charge in [0.25, 0.3) is 5.78 Å². The van der Waals surface area contributed by atoms with Crippen molar-refractivity contribution in [3.63, 3.8) is 0 Å². The molecular weight excluding hydrogens is 237 g/mol. The zero-order valence-electron chi connectivity index (χ0n) is 8.67. The summed E-state index contributed by atoms with van der Waals surface area (Å²) in [6.07, 6.45) is -5.32. The first-order valence-corrected chi connectivity index (χ1v) is 4.51. The monoisotopic (exact) mass is 244 g/mol. The van der Waals surface area contributed by atoms with Gasteiger partial charge >= 0.3 is 12.0 Å². The second kappa shape index (κ2) is 4.48. The fraction of sp³-hybridized carbons (Fsp3) is 0.182. The predicted octanol–water partition coefficient (Wildman–Crippen LogP) is 1.88. The van der Waals surface area contributed by atoms with Crippen LogP contribution in [0.2, 0.25) is 0 Å². The Kier molecular flexibility index (Phi) is 3.45. The van der Waals surface area contributed by atoms with E-state index in [2.05, 4.69) is 0 Å². The summed E-state index contributed by atoms with van der Waals surface area (Å²) in [5, 5.41) is 0. The Bertz CT molecular complexity index is 489. The van der Waals surface area contributed by atoms with Gasteiger partial charge in [0.15, 0.2) is 0 Å². The maximum absolute atomic E-state index is 12.0. The molecule has 1 aromatic carbocycles. The van der Waals surface area contributed by atoms with E-state index in [1.54, 1.807) is 6.07 Å². The highest BCUT2D eigenvalue weighted by atomic mass is 19.4. The van der Waals surface area contributed by atoms with Gasteiger partial charge in [0, 0.05) is 5.56 Å². The molecule has 0 aliphatic carbocycles. The lowest BCUT2D eigenvalue weighted by molar-refractivity contribution is -0.173. The van der Waals surface area contributed by atoms with E-state index in [4.69, 9.17) is 0 Å². The van der Waals surface area contributed by atoms with Gasteiger partial charge in [0.05, 0.1) is 0 Å². The quantitative estimate of drug-likeness (QED) is 0.463. The second-order valence-electron chi connectivity index (χ2n) is 3.30. The van der Waals surface area contributed by atoms with Gasteiger partial charge in [-0.25, -0.2) is 0 Å². The maximum Gasteiger partial charge on any atom is 0.458 e. The smallest absolute Gasteiger partial charge is 0.285 e. The summed E-state index contributed by atoms with van der Waals surface area (Å²) < 4.78 is 35.9. The average molecular weight is 244 g/mol. The van der Waals surface area contributed by atoms with E-state index in [9.17, 15) is 27.6 Å². The molecule has 0 amide bonds. The molecule has 0 bridgehead atoms. The Morgan fingerprint density at radius 1 is 1.06 bits per heavy atom. The zero-order valence-corrected chi connectivity index (χ0v) is 8.67. The minimum Gasteiger partial charge on any atom is -0.285 e. The summed E-state index contributed by atoms with van der Waals surface area (Å²) in [6, 6.07) is 5.60. The molecule has 1 rings (SSSR count). The lowest BCUT2D eigenvalue weighted by atomic mass is 10.00. The average Bonchev–Trinajstić information content (AvgIpc) is 2.25. The molecule has 0 unspecified atom stereocenters. The van der Waals surface area contributed by atoms with Crippen LogP contribution in [0, 0.1) is 6.92 Å². The van der Waals surface area contributed by atoms with Gasteiger partial charge in [-0.3, -0.25) is 14.4 Å². The minimum absolute atomic E-state index is 0.199. The number of alkyl halides is 3. The van der Waals surface area contributed by atoms with Gasteiger partial charge in [0.1, 0.15) is 0 Å². The van der Waals surface area contributed by atoms with Crippen LogP contribution in [0.5, 0.6) is 0 Å². The first kappa shape index (κ1) is 13.1. The molecule has 3 nitrogen and oxygen atoms in total. The summed E-state index contributed by atoms with van der Waals surface area (Å²) in [4.78, 5) is 33.0. The number of hydrogen-bond donors (Lipinski definition) is 0. The van der Waals surface area contributed by atoms with E-state index < -0.39 is 23.5 Å². The predicted molar refractivity (Wildman–Crippen MR) is 51.6 cm³/mol. The Morgan fingerprint density at radius 3 is 2.06 bits per heavy atom. The number of rotatable bonds is 3. The lowest BCUT2D eigenvalue weighted by Gasteiger charge is -2.05. The van der Waals surface area contributed by atoms with E-state index in [0.717, 1.165) is 0 Å². The van der Waals surface area contributed by atoms with E-state index in [1.165, 1.54) is 25.1 Å². The van der Waals surface area contributed by atoms with Crippen molar-refractivity contribution in [2.45, 2.75) is 13.1 Å². The van der Waals surface area contributed by atoms with Crippen LogP contribution in [0.15, 0.2) is 24.3 Å². The molecule has 0 radical (unpaired) electrons. The first-order chi connectivity index (χ1) is 7.75. The number of Topliss-reactive ketones (excluding diaryl/α,β-unsaturated/α-hetero) is 3. The number of aryl methyl sites for hydroxylation is 1. The van der Waals surface area contributed by atoms with Crippen molar-refractivity contribution in [3.8, 4) is 0 Å². The van der Waals surface area contributed by atoms with Crippen LogP contribution < -0.4 is 0 Å². The van der Waals surface area contributed by atoms with E-state index in [-0.39, 0.29) is 5.56 Å². The zero-order chi connectivity index (χ0) is 13.2. The van der Waals surface area contributed by atoms with Crippen LogP contribution in [0.25, 0.3) is 0 Å². The third kappa shape index (κ3) is 2.77. The molecule has 90 valence electrons. The SMILES string of the molecule is Cc1ccccc1C(=O)C(=O)C(=O)C(F)(F)F. The molecule has 0 saturated heterocycles. The summed E-state index contributed by atoms with van der Waals surface area (Å²) in [7, 11) is 0. The molecular formula is C11H7F3O3. The Morgan fingerprint density at radius 2 is 1.59 bits per heavy atom. The highest BCUT2D eigenvalue weighted by Crippen LogP contribution is 2.18. The molecule has 0 fully saturated rings. The highest BCUT2D eigenvalue weighted by Gasteiger charge is 2.46. The maximum atomic E-state index is 12.0. The number of carbonyl (C=O) groups is 3. The molecule has 0 spiro atoms. The van der Waals surface area contributed by atoms with Crippen LogP contribution in [0.3, 0.4) is 0 Å². The molecule has 6 heteroatoms. The largest absolute Gasteiger partial charge is 0.458 e.